The first kappa shape index (κ1) is 10.4. The molecule has 0 radical (unpaired) electrons. The van der Waals surface area contributed by atoms with Crippen LogP contribution in [0.5, 0.6) is 0 Å². The highest BCUT2D eigenvalue weighted by atomic mass is 16.5. The van der Waals surface area contributed by atoms with Crippen LogP contribution in [0, 0.1) is 6.92 Å². The number of benzene rings is 1. The van der Waals surface area contributed by atoms with E-state index in [4.69, 9.17) is 5.73 Å². The van der Waals surface area contributed by atoms with Gasteiger partial charge in [-0.15, -0.1) is 0 Å². The van der Waals surface area contributed by atoms with Gasteiger partial charge in [0.2, 0.25) is 0 Å². The van der Waals surface area contributed by atoms with Crippen molar-refractivity contribution in [2.24, 2.45) is 0 Å². The van der Waals surface area contributed by atoms with Gasteiger partial charge in [0.05, 0.1) is 24.0 Å². The van der Waals surface area contributed by atoms with E-state index in [0.29, 0.717) is 11.3 Å². The van der Waals surface area contributed by atoms with Gasteiger partial charge in [-0.2, -0.15) is 0 Å². The van der Waals surface area contributed by atoms with Crippen LogP contribution in [0.1, 0.15) is 15.9 Å². The van der Waals surface area contributed by atoms with E-state index < -0.39 is 0 Å². The van der Waals surface area contributed by atoms with Crippen LogP contribution in [0.15, 0.2) is 12.1 Å². The average Bonchev–Trinajstić information content (AvgIpc) is 2.21. The van der Waals surface area contributed by atoms with Gasteiger partial charge in [-0.1, -0.05) is 0 Å². The number of nitrogen functional groups attached to an aromatic ring is 1. The van der Waals surface area contributed by atoms with Crippen molar-refractivity contribution in [2.45, 2.75) is 6.92 Å². The molecule has 0 amide bonds. The topological polar surface area (TPSA) is 64.3 Å². The Morgan fingerprint density at radius 1 is 1.50 bits per heavy atom. The number of hydrogen-bond donors (Lipinski definition) is 2. The highest BCUT2D eigenvalue weighted by Gasteiger charge is 2.12. The van der Waals surface area contributed by atoms with Gasteiger partial charge in [0.1, 0.15) is 0 Å². The second-order valence-electron chi connectivity index (χ2n) is 2.94. The molecule has 0 atom stereocenters. The van der Waals surface area contributed by atoms with Crippen molar-refractivity contribution in [3.05, 3.63) is 23.3 Å². The van der Waals surface area contributed by atoms with Crippen LogP contribution in [0.3, 0.4) is 0 Å². The van der Waals surface area contributed by atoms with Gasteiger partial charge in [-0.25, -0.2) is 4.79 Å². The first-order valence-corrected chi connectivity index (χ1v) is 4.27. The Hall–Kier alpha value is -1.71. The number of methoxy groups -OCH3 is 1. The van der Waals surface area contributed by atoms with E-state index in [1.54, 1.807) is 26.1 Å². The van der Waals surface area contributed by atoms with Gasteiger partial charge in [-0.3, -0.25) is 0 Å². The molecule has 0 fully saturated rings. The molecule has 4 nitrogen and oxygen atoms in total. The maximum atomic E-state index is 11.3. The highest BCUT2D eigenvalue weighted by Crippen LogP contribution is 2.25. The Morgan fingerprint density at radius 3 is 2.64 bits per heavy atom. The molecule has 76 valence electrons. The van der Waals surface area contributed by atoms with Gasteiger partial charge in [0.15, 0.2) is 0 Å². The standard InChI is InChI=1S/C10H14N2O2/c1-6-7(10(13)14-3)4-5-8(12-2)9(6)11/h4-5,12H,11H2,1-3H3. The summed E-state index contributed by atoms with van der Waals surface area (Å²) in [5.74, 6) is -0.364. The van der Waals surface area contributed by atoms with Crippen LogP contribution in [-0.4, -0.2) is 20.1 Å². The van der Waals surface area contributed by atoms with Crippen molar-refractivity contribution in [1.29, 1.82) is 0 Å². The second kappa shape index (κ2) is 4.00. The number of nitrogens with two attached hydrogens (primary N) is 1. The molecule has 0 heterocycles. The number of anilines is 2. The lowest BCUT2D eigenvalue weighted by molar-refractivity contribution is 0.0600. The van der Waals surface area contributed by atoms with E-state index in [-0.39, 0.29) is 5.97 Å². The minimum Gasteiger partial charge on any atom is -0.465 e. The fraction of sp³-hybridized carbons (Fsp3) is 0.300. The minimum absolute atomic E-state index is 0.364. The summed E-state index contributed by atoms with van der Waals surface area (Å²) in [6.45, 7) is 1.79. The van der Waals surface area contributed by atoms with Crippen molar-refractivity contribution in [2.75, 3.05) is 25.2 Å². The largest absolute Gasteiger partial charge is 0.465 e. The van der Waals surface area contributed by atoms with Crippen LogP contribution in [0.2, 0.25) is 0 Å². The summed E-state index contributed by atoms with van der Waals surface area (Å²) in [5.41, 5.74) is 8.45. The van der Waals surface area contributed by atoms with Crippen molar-refractivity contribution in [3.63, 3.8) is 0 Å². The number of carbonyl (C=O) groups is 1. The summed E-state index contributed by atoms with van der Waals surface area (Å²) in [7, 11) is 3.13. The van der Waals surface area contributed by atoms with Crippen LogP contribution >= 0.6 is 0 Å². The summed E-state index contributed by atoms with van der Waals surface area (Å²) >= 11 is 0. The average molecular weight is 194 g/mol. The molecule has 0 saturated heterocycles. The van der Waals surface area contributed by atoms with Crippen molar-refractivity contribution in [1.82, 2.24) is 0 Å². The van der Waals surface area contributed by atoms with Gasteiger partial charge in [0.25, 0.3) is 0 Å². The van der Waals surface area contributed by atoms with E-state index in [0.717, 1.165) is 11.3 Å². The Labute approximate surface area is 83.1 Å². The lowest BCUT2D eigenvalue weighted by atomic mass is 10.1. The predicted molar refractivity (Wildman–Crippen MR) is 56.5 cm³/mol. The van der Waals surface area contributed by atoms with E-state index in [9.17, 15) is 4.79 Å². The molecule has 0 saturated carbocycles. The summed E-state index contributed by atoms with van der Waals surface area (Å²) in [4.78, 5) is 11.3. The van der Waals surface area contributed by atoms with Gasteiger partial charge < -0.3 is 15.8 Å². The van der Waals surface area contributed by atoms with E-state index in [1.807, 2.05) is 0 Å². The highest BCUT2D eigenvalue weighted by molar-refractivity contribution is 5.94. The molecule has 0 aromatic heterocycles. The first-order valence-electron chi connectivity index (χ1n) is 4.27. The summed E-state index contributed by atoms with van der Waals surface area (Å²) in [6.07, 6.45) is 0. The molecular formula is C10H14N2O2. The van der Waals surface area contributed by atoms with Crippen molar-refractivity contribution >= 4 is 17.3 Å². The molecule has 1 aromatic carbocycles. The zero-order chi connectivity index (χ0) is 10.7. The SMILES string of the molecule is CNc1ccc(C(=O)OC)c(C)c1N. The lowest BCUT2D eigenvalue weighted by Gasteiger charge is -2.11. The molecule has 14 heavy (non-hydrogen) atoms. The van der Waals surface area contributed by atoms with Gasteiger partial charge >= 0.3 is 5.97 Å². The Morgan fingerprint density at radius 2 is 2.14 bits per heavy atom. The number of ether oxygens (including phenoxy) is 1. The minimum atomic E-state index is -0.364. The molecular weight excluding hydrogens is 180 g/mol. The molecule has 3 N–H and O–H groups in total. The molecule has 0 bridgehead atoms. The lowest BCUT2D eigenvalue weighted by Crippen LogP contribution is -2.07. The molecule has 0 spiro atoms. The molecule has 0 aliphatic rings. The van der Waals surface area contributed by atoms with E-state index in [1.165, 1.54) is 7.11 Å². The van der Waals surface area contributed by atoms with Crippen molar-refractivity contribution < 1.29 is 9.53 Å². The van der Waals surface area contributed by atoms with E-state index in [2.05, 4.69) is 10.1 Å². The molecule has 0 aliphatic heterocycles. The monoisotopic (exact) mass is 194 g/mol. The fourth-order valence-corrected chi connectivity index (χ4v) is 1.28. The molecule has 1 rings (SSSR count). The Balaban J connectivity index is 3.24. The first-order chi connectivity index (χ1) is 6.61. The van der Waals surface area contributed by atoms with Crippen LogP contribution in [0.25, 0.3) is 0 Å². The van der Waals surface area contributed by atoms with Crippen LogP contribution in [-0.2, 0) is 4.74 Å². The predicted octanol–water partition coefficient (Wildman–Crippen LogP) is 1.41. The summed E-state index contributed by atoms with van der Waals surface area (Å²) in [5, 5.41) is 2.94. The molecule has 4 heteroatoms. The quantitative estimate of drug-likeness (QED) is 0.552. The van der Waals surface area contributed by atoms with Crippen LogP contribution < -0.4 is 11.1 Å². The second-order valence-corrected chi connectivity index (χ2v) is 2.94. The zero-order valence-electron chi connectivity index (χ0n) is 8.55. The van der Waals surface area contributed by atoms with Gasteiger partial charge in [-0.05, 0) is 24.6 Å². The van der Waals surface area contributed by atoms with Gasteiger partial charge in [0, 0.05) is 7.05 Å². The maximum absolute atomic E-state index is 11.3. The normalized spacial score (nSPS) is 9.64. The maximum Gasteiger partial charge on any atom is 0.338 e. The Kier molecular flexibility index (Phi) is 2.96. The zero-order valence-corrected chi connectivity index (χ0v) is 8.55. The third kappa shape index (κ3) is 1.64. The third-order valence-corrected chi connectivity index (χ3v) is 2.19. The number of esters is 1. The number of nitrogens with one attached hydrogen (secondary N) is 1. The number of hydrogen-bond acceptors (Lipinski definition) is 4. The molecule has 0 aliphatic carbocycles. The number of carbonyl (C=O) groups excluding carboxylic acids is 1. The molecule has 1 aromatic rings. The summed E-state index contributed by atoms with van der Waals surface area (Å²) in [6, 6.07) is 3.46. The van der Waals surface area contributed by atoms with Crippen molar-refractivity contribution in [3.8, 4) is 0 Å². The third-order valence-electron chi connectivity index (χ3n) is 2.19. The number of rotatable bonds is 2. The summed E-state index contributed by atoms with van der Waals surface area (Å²) < 4.78 is 4.63. The molecule has 0 unspecified atom stereocenters. The fourth-order valence-electron chi connectivity index (χ4n) is 1.28. The Bertz CT molecular complexity index is 361. The van der Waals surface area contributed by atoms with E-state index >= 15 is 0 Å². The smallest absolute Gasteiger partial charge is 0.338 e. The van der Waals surface area contributed by atoms with Crippen LogP contribution in [0.4, 0.5) is 11.4 Å².